The van der Waals surface area contributed by atoms with E-state index in [9.17, 15) is 4.79 Å². The number of rotatable bonds is 2. The number of H-pyrrole nitrogens is 1. The molecule has 1 N–H and O–H groups in total. The number of nitrogens with one attached hydrogen (secondary N) is 1. The maximum atomic E-state index is 10.6. The Balaban J connectivity index is 2.82. The number of ether oxygens (including phenoxy) is 1. The van der Waals surface area contributed by atoms with Crippen LogP contribution in [0.4, 0.5) is 0 Å². The zero-order valence-corrected chi connectivity index (χ0v) is 8.00. The maximum Gasteiger partial charge on any atom is 0.150 e. The molecule has 1 aromatic carbocycles. The van der Waals surface area contributed by atoms with E-state index in [1.807, 2.05) is 6.92 Å². The van der Waals surface area contributed by atoms with Gasteiger partial charge in [0.2, 0.25) is 0 Å². The van der Waals surface area contributed by atoms with Crippen molar-refractivity contribution in [1.82, 2.24) is 10.2 Å². The van der Waals surface area contributed by atoms with Gasteiger partial charge < -0.3 is 4.74 Å². The first-order chi connectivity index (χ1) is 6.76. The van der Waals surface area contributed by atoms with Crippen LogP contribution in [0.25, 0.3) is 10.9 Å². The zero-order valence-electron chi connectivity index (χ0n) is 8.00. The molecule has 72 valence electrons. The third-order valence-corrected chi connectivity index (χ3v) is 2.18. The zero-order chi connectivity index (χ0) is 10.1. The second kappa shape index (κ2) is 3.14. The number of carbonyl (C=O) groups is 1. The van der Waals surface area contributed by atoms with Crippen LogP contribution in [-0.4, -0.2) is 23.6 Å². The fourth-order valence-corrected chi connectivity index (χ4v) is 1.52. The standard InChI is InChI=1S/C10H10N2O2/c1-6-10-8(12-11-6)3-7(5-13)4-9(10)14-2/h3-5H,1-2H3,(H,11,12). The number of methoxy groups -OCH3 is 1. The Hall–Kier alpha value is -1.84. The van der Waals surface area contributed by atoms with Crippen molar-refractivity contribution in [2.45, 2.75) is 6.92 Å². The molecule has 0 aliphatic carbocycles. The topological polar surface area (TPSA) is 55.0 Å². The SMILES string of the molecule is COc1cc(C=O)cc2n[nH]c(C)c12. The monoisotopic (exact) mass is 190 g/mol. The Labute approximate surface area is 80.9 Å². The molecule has 0 bridgehead atoms. The van der Waals surface area contributed by atoms with E-state index in [1.54, 1.807) is 19.2 Å². The second-order valence-electron chi connectivity index (χ2n) is 3.08. The summed E-state index contributed by atoms with van der Waals surface area (Å²) in [6.45, 7) is 1.92. The van der Waals surface area contributed by atoms with Gasteiger partial charge in [0.25, 0.3) is 0 Å². The second-order valence-corrected chi connectivity index (χ2v) is 3.08. The van der Waals surface area contributed by atoms with Crippen molar-refractivity contribution in [3.8, 4) is 5.75 Å². The normalized spacial score (nSPS) is 10.4. The molecule has 1 heterocycles. The van der Waals surface area contributed by atoms with Crippen molar-refractivity contribution >= 4 is 17.2 Å². The quantitative estimate of drug-likeness (QED) is 0.733. The lowest BCUT2D eigenvalue weighted by Gasteiger charge is -2.02. The summed E-state index contributed by atoms with van der Waals surface area (Å²) < 4.78 is 5.19. The van der Waals surface area contributed by atoms with E-state index in [-0.39, 0.29) is 0 Å². The highest BCUT2D eigenvalue weighted by molar-refractivity contribution is 5.92. The molecule has 2 rings (SSSR count). The van der Waals surface area contributed by atoms with Crippen LogP contribution in [-0.2, 0) is 0 Å². The van der Waals surface area contributed by atoms with Crippen molar-refractivity contribution in [3.05, 3.63) is 23.4 Å². The summed E-state index contributed by atoms with van der Waals surface area (Å²) in [4.78, 5) is 10.6. The Morgan fingerprint density at radius 3 is 2.93 bits per heavy atom. The molecule has 0 saturated carbocycles. The summed E-state index contributed by atoms with van der Waals surface area (Å²) in [6.07, 6.45) is 0.784. The van der Waals surface area contributed by atoms with E-state index >= 15 is 0 Å². The minimum absolute atomic E-state index is 0.570. The van der Waals surface area contributed by atoms with E-state index in [0.29, 0.717) is 11.3 Å². The van der Waals surface area contributed by atoms with E-state index < -0.39 is 0 Å². The van der Waals surface area contributed by atoms with Gasteiger partial charge in [0, 0.05) is 11.3 Å². The molecule has 0 aliphatic heterocycles. The van der Waals surface area contributed by atoms with Crippen LogP contribution in [0.1, 0.15) is 16.1 Å². The minimum atomic E-state index is 0.570. The van der Waals surface area contributed by atoms with Gasteiger partial charge >= 0.3 is 0 Å². The van der Waals surface area contributed by atoms with Crippen LogP contribution in [0.5, 0.6) is 5.75 Å². The van der Waals surface area contributed by atoms with Gasteiger partial charge in [-0.05, 0) is 19.1 Å². The molecule has 0 aliphatic rings. The summed E-state index contributed by atoms with van der Waals surface area (Å²) in [7, 11) is 1.58. The number of aromatic amines is 1. The smallest absolute Gasteiger partial charge is 0.150 e. The fraction of sp³-hybridized carbons (Fsp3) is 0.200. The number of nitrogens with zero attached hydrogens (tertiary/aromatic N) is 1. The van der Waals surface area contributed by atoms with Gasteiger partial charge in [-0.1, -0.05) is 0 Å². The number of fused-ring (bicyclic) bond motifs is 1. The van der Waals surface area contributed by atoms with E-state index in [0.717, 1.165) is 22.9 Å². The Kier molecular flexibility index (Phi) is 1.96. The number of carbonyl (C=O) groups excluding carboxylic acids is 1. The molecule has 0 saturated heterocycles. The summed E-state index contributed by atoms with van der Waals surface area (Å²) >= 11 is 0. The molecule has 2 aromatic rings. The van der Waals surface area contributed by atoms with Crippen LogP contribution in [0, 0.1) is 6.92 Å². The lowest BCUT2D eigenvalue weighted by molar-refractivity contribution is 0.112. The van der Waals surface area contributed by atoms with Crippen molar-refractivity contribution in [2.24, 2.45) is 0 Å². The molecule has 14 heavy (non-hydrogen) atoms. The summed E-state index contributed by atoms with van der Waals surface area (Å²) in [5, 5.41) is 7.86. The first-order valence-electron chi connectivity index (χ1n) is 4.24. The van der Waals surface area contributed by atoms with Crippen molar-refractivity contribution in [1.29, 1.82) is 0 Å². The van der Waals surface area contributed by atoms with E-state index in [4.69, 9.17) is 4.74 Å². The molecule has 4 nitrogen and oxygen atoms in total. The summed E-state index contributed by atoms with van der Waals surface area (Å²) in [5.74, 6) is 0.677. The van der Waals surface area contributed by atoms with Gasteiger partial charge in [0.15, 0.2) is 0 Å². The van der Waals surface area contributed by atoms with Gasteiger partial charge in [0.1, 0.15) is 12.0 Å². The predicted octanol–water partition coefficient (Wildman–Crippen LogP) is 1.69. The highest BCUT2D eigenvalue weighted by Crippen LogP contribution is 2.27. The molecule has 0 spiro atoms. The van der Waals surface area contributed by atoms with E-state index in [1.165, 1.54) is 0 Å². The minimum Gasteiger partial charge on any atom is -0.496 e. The number of hydrogen-bond donors (Lipinski definition) is 1. The van der Waals surface area contributed by atoms with Gasteiger partial charge in [-0.3, -0.25) is 9.89 Å². The third-order valence-electron chi connectivity index (χ3n) is 2.18. The van der Waals surface area contributed by atoms with Crippen molar-refractivity contribution in [2.75, 3.05) is 7.11 Å². The number of hydrogen-bond acceptors (Lipinski definition) is 3. The van der Waals surface area contributed by atoms with Gasteiger partial charge in [-0.25, -0.2) is 0 Å². The highest BCUT2D eigenvalue weighted by Gasteiger charge is 2.09. The first-order valence-corrected chi connectivity index (χ1v) is 4.24. The number of benzene rings is 1. The Morgan fingerprint density at radius 1 is 1.50 bits per heavy atom. The molecule has 0 fully saturated rings. The maximum absolute atomic E-state index is 10.6. The van der Waals surface area contributed by atoms with Crippen molar-refractivity contribution in [3.63, 3.8) is 0 Å². The van der Waals surface area contributed by atoms with Crippen LogP contribution < -0.4 is 4.74 Å². The Morgan fingerprint density at radius 2 is 2.29 bits per heavy atom. The number of aryl methyl sites for hydroxylation is 1. The predicted molar refractivity (Wildman–Crippen MR) is 52.8 cm³/mol. The molecular formula is C10H10N2O2. The van der Waals surface area contributed by atoms with Gasteiger partial charge in [-0.2, -0.15) is 5.10 Å². The van der Waals surface area contributed by atoms with Crippen LogP contribution in [0.3, 0.4) is 0 Å². The molecular weight excluding hydrogens is 180 g/mol. The summed E-state index contributed by atoms with van der Waals surface area (Å²) in [6, 6.07) is 3.44. The average Bonchev–Trinajstić information content (AvgIpc) is 2.59. The molecule has 0 amide bonds. The van der Waals surface area contributed by atoms with Gasteiger partial charge in [-0.15, -0.1) is 0 Å². The molecule has 0 atom stereocenters. The lowest BCUT2D eigenvalue weighted by atomic mass is 10.1. The average molecular weight is 190 g/mol. The molecule has 0 radical (unpaired) electrons. The molecule has 4 heteroatoms. The third kappa shape index (κ3) is 1.16. The fourth-order valence-electron chi connectivity index (χ4n) is 1.52. The van der Waals surface area contributed by atoms with Gasteiger partial charge in [0.05, 0.1) is 18.0 Å². The largest absolute Gasteiger partial charge is 0.496 e. The summed E-state index contributed by atoms with van der Waals surface area (Å²) in [5.41, 5.74) is 2.26. The Bertz CT molecular complexity index is 488. The number of aldehydes is 1. The van der Waals surface area contributed by atoms with Crippen LogP contribution >= 0.6 is 0 Å². The molecule has 1 aromatic heterocycles. The lowest BCUT2D eigenvalue weighted by Crippen LogP contribution is -1.88. The highest BCUT2D eigenvalue weighted by atomic mass is 16.5. The van der Waals surface area contributed by atoms with Crippen LogP contribution in [0.15, 0.2) is 12.1 Å². The first kappa shape index (κ1) is 8.74. The van der Waals surface area contributed by atoms with Crippen molar-refractivity contribution < 1.29 is 9.53 Å². The van der Waals surface area contributed by atoms with Crippen LogP contribution in [0.2, 0.25) is 0 Å². The molecule has 0 unspecified atom stereocenters. The number of aromatic nitrogens is 2. The van der Waals surface area contributed by atoms with E-state index in [2.05, 4.69) is 10.2 Å².